The van der Waals surface area contributed by atoms with Crippen LogP contribution in [0.4, 0.5) is 17.5 Å². The van der Waals surface area contributed by atoms with E-state index in [1.807, 2.05) is 18.2 Å². The molecule has 1 saturated heterocycles. The van der Waals surface area contributed by atoms with Crippen molar-refractivity contribution in [1.82, 2.24) is 14.5 Å². The zero-order valence-corrected chi connectivity index (χ0v) is 22.4. The average molecular weight is 528 g/mol. The second kappa shape index (κ2) is 12.4. The molecule has 1 aliphatic heterocycles. The highest BCUT2D eigenvalue weighted by Crippen LogP contribution is 2.29. The fourth-order valence-corrected chi connectivity index (χ4v) is 4.66. The number of carbonyl (C=O) groups is 1. The van der Waals surface area contributed by atoms with Gasteiger partial charge in [0.15, 0.2) is 17.4 Å². The number of nitrogens with one attached hydrogen (secondary N) is 1. The zero-order chi connectivity index (χ0) is 26.4. The van der Waals surface area contributed by atoms with Crippen molar-refractivity contribution in [3.05, 3.63) is 45.8 Å². The number of piperidine rings is 1. The Bertz CT molecular complexity index is 1310. The number of hydrogen-bond donors (Lipinski definition) is 1. The monoisotopic (exact) mass is 527 g/mol. The van der Waals surface area contributed by atoms with Gasteiger partial charge in [-0.15, -0.1) is 0 Å². The van der Waals surface area contributed by atoms with E-state index in [0.717, 1.165) is 42.5 Å². The van der Waals surface area contributed by atoms with Crippen LogP contribution in [0.3, 0.4) is 0 Å². The van der Waals surface area contributed by atoms with Gasteiger partial charge in [-0.05, 0) is 43.0 Å². The summed E-state index contributed by atoms with van der Waals surface area (Å²) in [5.74, 6) is 1.87. The van der Waals surface area contributed by atoms with Crippen LogP contribution in [0.15, 0.2) is 35.3 Å². The molecule has 0 spiro atoms. The molecule has 1 atom stereocenters. The molecule has 198 valence electrons. The summed E-state index contributed by atoms with van der Waals surface area (Å²) in [5.41, 5.74) is 1.18. The molecule has 3 aromatic rings. The number of anilines is 3. The first-order valence-electron chi connectivity index (χ1n) is 12.8. The average Bonchev–Trinajstić information content (AvgIpc) is 2.92. The molecule has 10 heteroatoms. The Morgan fingerprint density at radius 1 is 1.27 bits per heavy atom. The van der Waals surface area contributed by atoms with Crippen molar-refractivity contribution < 1.29 is 14.3 Å². The van der Waals surface area contributed by atoms with Crippen LogP contribution >= 0.6 is 11.6 Å². The predicted octanol–water partition coefficient (Wildman–Crippen LogP) is 4.82. The van der Waals surface area contributed by atoms with Crippen molar-refractivity contribution in [3.8, 4) is 5.75 Å². The highest BCUT2D eigenvalue weighted by molar-refractivity contribution is 6.32. The fourth-order valence-electron chi connectivity index (χ4n) is 4.52. The number of methoxy groups -OCH3 is 1. The van der Waals surface area contributed by atoms with E-state index < -0.39 is 0 Å². The van der Waals surface area contributed by atoms with E-state index in [0.29, 0.717) is 42.3 Å². The van der Waals surface area contributed by atoms with Crippen LogP contribution < -0.4 is 20.5 Å². The Balaban J connectivity index is 1.65. The molecular formula is C27H34ClN5O4. The number of ketones is 1. The lowest BCUT2D eigenvalue weighted by atomic mass is 9.96. The molecule has 9 nitrogen and oxygen atoms in total. The Morgan fingerprint density at radius 2 is 2.11 bits per heavy atom. The molecule has 0 bridgehead atoms. The number of rotatable bonds is 11. The summed E-state index contributed by atoms with van der Waals surface area (Å²) in [7, 11) is 1.58. The van der Waals surface area contributed by atoms with Gasteiger partial charge in [0, 0.05) is 44.2 Å². The molecule has 0 saturated carbocycles. The van der Waals surface area contributed by atoms with Gasteiger partial charge in [-0.3, -0.25) is 9.59 Å². The highest BCUT2D eigenvalue weighted by Gasteiger charge is 2.21. The molecule has 37 heavy (non-hydrogen) atoms. The molecular weight excluding hydrogens is 494 g/mol. The highest BCUT2D eigenvalue weighted by atomic mass is 35.5. The molecule has 0 amide bonds. The zero-order valence-electron chi connectivity index (χ0n) is 21.6. The second-order valence-corrected chi connectivity index (χ2v) is 9.67. The van der Waals surface area contributed by atoms with E-state index in [4.69, 9.17) is 26.1 Å². The van der Waals surface area contributed by atoms with Crippen molar-refractivity contribution >= 4 is 45.7 Å². The van der Waals surface area contributed by atoms with Gasteiger partial charge in [0.2, 0.25) is 5.95 Å². The van der Waals surface area contributed by atoms with E-state index in [2.05, 4.69) is 22.1 Å². The summed E-state index contributed by atoms with van der Waals surface area (Å²) in [4.78, 5) is 36.3. The molecule has 3 heterocycles. The number of carbonyl (C=O) groups excluding carboxylic acids is 1. The number of Topliss-reactive ketones (excluding diaryl/α,β-unsaturated/α-hetero) is 1. The molecule has 1 aromatic carbocycles. The first-order chi connectivity index (χ1) is 17.9. The molecule has 0 aliphatic carbocycles. The van der Waals surface area contributed by atoms with Crippen molar-refractivity contribution in [2.45, 2.75) is 46.1 Å². The standard InChI is InChI=1S/C27H34ClN5O4/c1-4-18-7-6-10-32(16-18)27-29-15-22(28)25(31-27)30-20-8-9-23-19(13-20)14-24(37-17-21(34)5-2)26(35)33(23)11-12-36-3/h8-9,13-15,18H,4-7,10-12,16-17H2,1-3H3,(H,29,30,31). The first-order valence-corrected chi connectivity index (χ1v) is 13.2. The van der Waals surface area contributed by atoms with Crippen molar-refractivity contribution in [2.75, 3.05) is 43.6 Å². The van der Waals surface area contributed by atoms with Gasteiger partial charge in [0.1, 0.15) is 11.6 Å². The third-order valence-electron chi connectivity index (χ3n) is 6.74. The fraction of sp³-hybridized carbons (Fsp3) is 0.481. The van der Waals surface area contributed by atoms with Gasteiger partial charge in [-0.2, -0.15) is 4.98 Å². The second-order valence-electron chi connectivity index (χ2n) is 9.27. The van der Waals surface area contributed by atoms with Gasteiger partial charge < -0.3 is 24.3 Å². The molecule has 1 N–H and O–H groups in total. The Labute approximate surface area is 221 Å². The predicted molar refractivity (Wildman–Crippen MR) is 146 cm³/mol. The van der Waals surface area contributed by atoms with Crippen molar-refractivity contribution in [1.29, 1.82) is 0 Å². The van der Waals surface area contributed by atoms with E-state index >= 15 is 0 Å². The Morgan fingerprint density at radius 3 is 2.86 bits per heavy atom. The third-order valence-corrected chi connectivity index (χ3v) is 7.01. The summed E-state index contributed by atoms with van der Waals surface area (Å²) in [6.45, 7) is 6.42. The number of aromatic nitrogens is 3. The van der Waals surface area contributed by atoms with Crippen molar-refractivity contribution in [2.24, 2.45) is 5.92 Å². The minimum atomic E-state index is -0.301. The molecule has 1 fully saturated rings. The lowest BCUT2D eigenvalue weighted by molar-refractivity contribution is -0.120. The largest absolute Gasteiger partial charge is 0.480 e. The number of pyridine rings is 1. The van der Waals surface area contributed by atoms with Gasteiger partial charge in [-0.1, -0.05) is 31.9 Å². The summed E-state index contributed by atoms with van der Waals surface area (Å²) < 4.78 is 12.4. The minimum absolute atomic E-state index is 0.0773. The van der Waals surface area contributed by atoms with Crippen LogP contribution in [0.25, 0.3) is 10.9 Å². The summed E-state index contributed by atoms with van der Waals surface area (Å²) in [6.07, 6.45) is 5.47. The smallest absolute Gasteiger partial charge is 0.293 e. The maximum absolute atomic E-state index is 13.1. The Hall–Kier alpha value is -3.17. The molecule has 4 rings (SSSR count). The van der Waals surface area contributed by atoms with Crippen molar-refractivity contribution in [3.63, 3.8) is 0 Å². The van der Waals surface area contributed by atoms with E-state index in [9.17, 15) is 9.59 Å². The summed E-state index contributed by atoms with van der Waals surface area (Å²) in [5, 5.41) is 4.50. The topological polar surface area (TPSA) is 98.6 Å². The number of ether oxygens (including phenoxy) is 2. The molecule has 0 radical (unpaired) electrons. The normalized spacial score (nSPS) is 15.7. The lowest BCUT2D eigenvalue weighted by Gasteiger charge is -2.32. The maximum atomic E-state index is 13.1. The van der Waals surface area contributed by atoms with Crippen LogP contribution in [0.5, 0.6) is 5.75 Å². The molecule has 2 aromatic heterocycles. The van der Waals surface area contributed by atoms with Gasteiger partial charge in [0.05, 0.1) is 18.3 Å². The number of hydrogen-bond acceptors (Lipinski definition) is 8. The van der Waals surface area contributed by atoms with E-state index in [1.165, 1.54) is 6.42 Å². The van der Waals surface area contributed by atoms with Gasteiger partial charge in [-0.25, -0.2) is 4.98 Å². The lowest BCUT2D eigenvalue weighted by Crippen LogP contribution is -2.36. The first kappa shape index (κ1) is 26.9. The van der Waals surface area contributed by atoms with E-state index in [-0.39, 0.29) is 23.7 Å². The van der Waals surface area contributed by atoms with E-state index in [1.54, 1.807) is 30.9 Å². The van der Waals surface area contributed by atoms with Gasteiger partial charge in [0.25, 0.3) is 5.56 Å². The number of nitrogens with zero attached hydrogens (tertiary/aromatic N) is 4. The maximum Gasteiger partial charge on any atom is 0.293 e. The summed E-state index contributed by atoms with van der Waals surface area (Å²) in [6, 6.07) is 7.31. The van der Waals surface area contributed by atoms with Gasteiger partial charge >= 0.3 is 0 Å². The number of benzene rings is 1. The van der Waals surface area contributed by atoms with Crippen LogP contribution in [0.2, 0.25) is 5.02 Å². The van der Waals surface area contributed by atoms with Crippen LogP contribution in [-0.2, 0) is 16.1 Å². The SMILES string of the molecule is CCC(=O)COc1cc2cc(Nc3nc(N4CCCC(CC)C4)ncc3Cl)ccc2n(CCOC)c1=O. The number of fused-ring (bicyclic) bond motifs is 1. The third kappa shape index (κ3) is 6.40. The Kier molecular flexibility index (Phi) is 9.00. The summed E-state index contributed by atoms with van der Waals surface area (Å²) >= 11 is 6.46. The quantitative estimate of drug-likeness (QED) is 0.379. The minimum Gasteiger partial charge on any atom is -0.480 e. The molecule has 1 unspecified atom stereocenters. The van der Waals surface area contributed by atoms with Crippen LogP contribution in [-0.4, -0.2) is 53.7 Å². The number of halogens is 1. The van der Waals surface area contributed by atoms with Crippen LogP contribution in [0.1, 0.15) is 39.5 Å². The molecule has 1 aliphatic rings. The van der Waals surface area contributed by atoms with Crippen LogP contribution in [0, 0.1) is 5.92 Å².